The molecular weight excluding hydrogens is 344 g/mol. The zero-order chi connectivity index (χ0) is 19.8. The molecule has 1 saturated heterocycles. The van der Waals surface area contributed by atoms with Crippen molar-refractivity contribution in [3.8, 4) is 5.75 Å². The molecule has 2 bridgehead atoms. The predicted molar refractivity (Wildman–Crippen MR) is 101 cm³/mol. The minimum Gasteiger partial charge on any atom is -0.465 e. The molecule has 0 amide bonds. The Balaban J connectivity index is 1.88. The fourth-order valence-electron chi connectivity index (χ4n) is 4.69. The second-order valence-electron chi connectivity index (χ2n) is 7.92. The average molecular weight is 372 g/mol. The van der Waals surface area contributed by atoms with E-state index in [1.54, 1.807) is 12.1 Å². The van der Waals surface area contributed by atoms with E-state index in [0.717, 1.165) is 5.56 Å². The third-order valence-corrected chi connectivity index (χ3v) is 6.26. The van der Waals surface area contributed by atoms with E-state index in [9.17, 15) is 9.59 Å². The van der Waals surface area contributed by atoms with Crippen LogP contribution >= 0.6 is 0 Å². The van der Waals surface area contributed by atoms with E-state index >= 15 is 0 Å². The molecule has 3 rings (SSSR count). The van der Waals surface area contributed by atoms with Gasteiger partial charge in [0.25, 0.3) is 0 Å². The van der Waals surface area contributed by atoms with Gasteiger partial charge in [0.05, 0.1) is 19.3 Å². The first-order valence-corrected chi connectivity index (χ1v) is 9.46. The topological polar surface area (TPSA) is 61.8 Å². The average Bonchev–Trinajstić information content (AvgIpc) is 2.59. The molecule has 5 heteroatoms. The fraction of sp³-hybridized carbons (Fsp3) is 0.545. The number of carbonyl (C=O) groups excluding carboxylic acids is 2. The highest BCUT2D eigenvalue weighted by atomic mass is 16.5. The van der Waals surface area contributed by atoms with Crippen LogP contribution in [0.25, 0.3) is 0 Å². The summed E-state index contributed by atoms with van der Waals surface area (Å²) in [7, 11) is 0. The van der Waals surface area contributed by atoms with Crippen molar-refractivity contribution in [2.75, 3.05) is 13.2 Å². The summed E-state index contributed by atoms with van der Waals surface area (Å²) >= 11 is 0. The highest BCUT2D eigenvalue weighted by molar-refractivity contribution is 5.69. The van der Waals surface area contributed by atoms with Gasteiger partial charge in [0, 0.05) is 25.2 Å². The van der Waals surface area contributed by atoms with Crippen LogP contribution in [0.15, 0.2) is 35.9 Å². The van der Waals surface area contributed by atoms with Crippen molar-refractivity contribution >= 4 is 11.9 Å². The molecule has 1 aliphatic heterocycles. The monoisotopic (exact) mass is 372 g/mol. The van der Waals surface area contributed by atoms with Crippen LogP contribution in [0.2, 0.25) is 0 Å². The van der Waals surface area contributed by atoms with Gasteiger partial charge in [-0.25, -0.2) is 0 Å². The molecule has 2 aliphatic rings. The molecule has 0 radical (unpaired) electrons. The van der Waals surface area contributed by atoms with Crippen molar-refractivity contribution in [1.82, 2.24) is 0 Å². The standard InChI is InChI=1S/C22H28O5/c1-13-10-14(2)22(11-25-16(4)23)12-26-21(20(13)15(22)3)18-6-8-19(9-7-18)27-17(5)24/h6-10,14-15,20-21H,11-12H2,1-5H3/t14-,15+,20-,21-,22-/m1/s1. The Morgan fingerprint density at radius 2 is 1.81 bits per heavy atom. The van der Waals surface area contributed by atoms with Crippen LogP contribution in [0.3, 0.4) is 0 Å². The van der Waals surface area contributed by atoms with Gasteiger partial charge < -0.3 is 14.2 Å². The summed E-state index contributed by atoms with van der Waals surface area (Å²) in [5.74, 6) is 0.739. The zero-order valence-corrected chi connectivity index (χ0v) is 16.7. The van der Waals surface area contributed by atoms with Gasteiger partial charge in [-0.15, -0.1) is 0 Å². The molecular formula is C22H28O5. The van der Waals surface area contributed by atoms with E-state index < -0.39 is 0 Å². The van der Waals surface area contributed by atoms with E-state index in [4.69, 9.17) is 14.2 Å². The third-order valence-electron chi connectivity index (χ3n) is 6.26. The predicted octanol–water partition coefficient (Wildman–Crippen LogP) is 4.08. The third kappa shape index (κ3) is 3.65. The molecule has 1 heterocycles. The van der Waals surface area contributed by atoms with Crippen LogP contribution in [-0.4, -0.2) is 25.2 Å². The summed E-state index contributed by atoms with van der Waals surface area (Å²) in [5.41, 5.74) is 2.16. The fourth-order valence-corrected chi connectivity index (χ4v) is 4.69. The number of rotatable bonds is 4. The second-order valence-corrected chi connectivity index (χ2v) is 7.92. The molecule has 5 atom stereocenters. The summed E-state index contributed by atoms with van der Waals surface area (Å²) in [5, 5.41) is 0. The Kier molecular flexibility index (Phi) is 5.43. The minimum atomic E-state index is -0.333. The number of fused-ring (bicyclic) bond motifs is 2. The maximum atomic E-state index is 11.4. The van der Waals surface area contributed by atoms with Crippen molar-refractivity contribution in [3.63, 3.8) is 0 Å². The second kappa shape index (κ2) is 7.47. The van der Waals surface area contributed by atoms with Gasteiger partial charge in [0.1, 0.15) is 5.75 Å². The largest absolute Gasteiger partial charge is 0.465 e. The Hall–Kier alpha value is -2.14. The lowest BCUT2D eigenvalue weighted by Crippen LogP contribution is -2.54. The molecule has 0 spiro atoms. The number of ether oxygens (including phenoxy) is 3. The molecule has 0 unspecified atom stereocenters. The summed E-state index contributed by atoms with van der Waals surface area (Å²) < 4.78 is 16.9. The molecule has 1 fully saturated rings. The molecule has 0 saturated carbocycles. The lowest BCUT2D eigenvalue weighted by atomic mass is 9.56. The normalized spacial score (nSPS) is 32.4. The molecule has 1 aliphatic carbocycles. The van der Waals surface area contributed by atoms with E-state index in [-0.39, 0.29) is 35.3 Å². The van der Waals surface area contributed by atoms with Crippen molar-refractivity contribution in [3.05, 3.63) is 41.5 Å². The smallest absolute Gasteiger partial charge is 0.308 e. The van der Waals surface area contributed by atoms with Crippen LogP contribution < -0.4 is 4.74 Å². The molecule has 5 nitrogen and oxygen atoms in total. The summed E-state index contributed by atoms with van der Waals surface area (Å²) in [6.45, 7) is 10.3. The number of carbonyl (C=O) groups is 2. The lowest BCUT2D eigenvalue weighted by molar-refractivity contribution is -0.180. The Bertz CT molecular complexity index is 750. The van der Waals surface area contributed by atoms with E-state index in [2.05, 4.69) is 26.8 Å². The summed E-state index contributed by atoms with van der Waals surface area (Å²) in [6.07, 6.45) is 2.23. The van der Waals surface area contributed by atoms with Gasteiger partial charge >= 0.3 is 11.9 Å². The Morgan fingerprint density at radius 3 is 2.41 bits per heavy atom. The molecule has 1 aromatic carbocycles. The first kappa shape index (κ1) is 19.6. The minimum absolute atomic E-state index is 0.0689. The number of hydrogen-bond donors (Lipinski definition) is 0. The van der Waals surface area contributed by atoms with Gasteiger partial charge in [0.15, 0.2) is 0 Å². The zero-order valence-electron chi connectivity index (χ0n) is 16.7. The van der Waals surface area contributed by atoms with Gasteiger partial charge in [-0.3, -0.25) is 9.59 Å². The first-order chi connectivity index (χ1) is 12.7. The van der Waals surface area contributed by atoms with Crippen LogP contribution in [0, 0.1) is 23.2 Å². The van der Waals surface area contributed by atoms with E-state index in [0.29, 0.717) is 24.9 Å². The quantitative estimate of drug-likeness (QED) is 0.453. The van der Waals surface area contributed by atoms with Gasteiger partial charge in [-0.05, 0) is 36.5 Å². The summed E-state index contributed by atoms with van der Waals surface area (Å²) in [4.78, 5) is 22.5. The Morgan fingerprint density at radius 1 is 1.15 bits per heavy atom. The number of esters is 2. The summed E-state index contributed by atoms with van der Waals surface area (Å²) in [6, 6.07) is 7.52. The maximum Gasteiger partial charge on any atom is 0.308 e. The van der Waals surface area contributed by atoms with Crippen LogP contribution in [0.1, 0.15) is 46.3 Å². The van der Waals surface area contributed by atoms with Crippen LogP contribution in [0.5, 0.6) is 5.75 Å². The van der Waals surface area contributed by atoms with Gasteiger partial charge in [0.2, 0.25) is 0 Å². The lowest BCUT2D eigenvalue weighted by Gasteiger charge is -2.55. The SMILES string of the molecule is CC(=O)OC[C@@]12CO[C@H](c3ccc(OC(C)=O)cc3)[C@H](C(C)=C[C@H]1C)[C@@H]2C. The molecule has 27 heavy (non-hydrogen) atoms. The van der Waals surface area contributed by atoms with E-state index in [1.807, 2.05) is 12.1 Å². The van der Waals surface area contributed by atoms with Crippen LogP contribution in [0.4, 0.5) is 0 Å². The van der Waals surface area contributed by atoms with Gasteiger partial charge in [-0.2, -0.15) is 0 Å². The maximum absolute atomic E-state index is 11.4. The Labute approximate surface area is 160 Å². The van der Waals surface area contributed by atoms with Crippen molar-refractivity contribution < 1.29 is 23.8 Å². The van der Waals surface area contributed by atoms with Gasteiger partial charge in [-0.1, -0.05) is 37.6 Å². The van der Waals surface area contributed by atoms with Crippen LogP contribution in [-0.2, 0) is 19.1 Å². The number of hydrogen-bond acceptors (Lipinski definition) is 5. The highest BCUT2D eigenvalue weighted by Gasteiger charge is 2.54. The highest BCUT2D eigenvalue weighted by Crippen LogP contribution is 2.56. The molecule has 146 valence electrons. The number of allylic oxidation sites excluding steroid dienone is 1. The number of benzene rings is 1. The molecule has 0 aromatic heterocycles. The molecule has 1 aromatic rings. The van der Waals surface area contributed by atoms with Crippen molar-refractivity contribution in [1.29, 1.82) is 0 Å². The van der Waals surface area contributed by atoms with Crippen molar-refractivity contribution in [2.24, 2.45) is 23.2 Å². The van der Waals surface area contributed by atoms with Crippen molar-refractivity contribution in [2.45, 2.75) is 40.7 Å². The molecule has 0 N–H and O–H groups in total. The first-order valence-electron chi connectivity index (χ1n) is 9.46. The van der Waals surface area contributed by atoms with E-state index in [1.165, 1.54) is 19.4 Å².